The van der Waals surface area contributed by atoms with E-state index in [0.717, 1.165) is 19.3 Å². The molecule has 2 N–H and O–H groups in total. The Hall–Kier alpha value is -0.180. The fraction of sp³-hybridized carbons (Fsp3) is 1.00. The first kappa shape index (κ1) is 7.47. The summed E-state index contributed by atoms with van der Waals surface area (Å²) >= 11 is 0. The molecule has 0 spiro atoms. The molecule has 1 nitrogen and oxygen atoms in total. The van der Waals surface area contributed by atoms with E-state index in [1.807, 2.05) is 0 Å². The number of alkyl halides is 2. The van der Waals surface area contributed by atoms with Gasteiger partial charge in [-0.15, -0.1) is 0 Å². The standard InChI is InChI=1S/C8H13F2N/c9-8(10)4-7(8,5-11)6-2-1-3-6/h6H,1-5,11H2. The molecular weight excluding hydrogens is 148 g/mol. The highest BCUT2D eigenvalue weighted by atomic mass is 19.3. The summed E-state index contributed by atoms with van der Waals surface area (Å²) in [5.74, 6) is -2.21. The number of halogens is 2. The van der Waals surface area contributed by atoms with Crippen LogP contribution in [0.1, 0.15) is 25.7 Å². The Morgan fingerprint density at radius 2 is 1.91 bits per heavy atom. The monoisotopic (exact) mass is 161 g/mol. The second-order valence-electron chi connectivity index (χ2n) is 3.87. The Morgan fingerprint density at radius 3 is 2.00 bits per heavy atom. The number of nitrogens with two attached hydrogens (primary N) is 1. The SMILES string of the molecule is NCC1(C2CCC2)CC1(F)F. The zero-order chi connectivity index (χ0) is 8.11. The van der Waals surface area contributed by atoms with Crippen LogP contribution in [0.15, 0.2) is 0 Å². The van der Waals surface area contributed by atoms with Gasteiger partial charge in [0, 0.05) is 13.0 Å². The normalized spacial score (nSPS) is 41.7. The molecule has 1 unspecified atom stereocenters. The summed E-state index contributed by atoms with van der Waals surface area (Å²) in [6, 6.07) is 0. The maximum Gasteiger partial charge on any atom is 0.256 e. The minimum atomic E-state index is -2.44. The lowest BCUT2D eigenvalue weighted by Crippen LogP contribution is -2.34. The molecule has 0 radical (unpaired) electrons. The van der Waals surface area contributed by atoms with Crippen molar-refractivity contribution in [1.29, 1.82) is 0 Å². The van der Waals surface area contributed by atoms with Gasteiger partial charge in [-0.25, -0.2) is 8.78 Å². The highest BCUT2D eigenvalue weighted by molar-refractivity contribution is 5.15. The Labute approximate surface area is 65.0 Å². The number of hydrogen-bond acceptors (Lipinski definition) is 1. The van der Waals surface area contributed by atoms with Gasteiger partial charge in [-0.2, -0.15) is 0 Å². The van der Waals surface area contributed by atoms with Crippen LogP contribution in [-0.4, -0.2) is 12.5 Å². The molecule has 64 valence electrons. The maximum absolute atomic E-state index is 12.8. The third-order valence-corrected chi connectivity index (χ3v) is 3.39. The van der Waals surface area contributed by atoms with Crippen molar-refractivity contribution in [3.8, 4) is 0 Å². The highest BCUT2D eigenvalue weighted by Crippen LogP contribution is 2.67. The van der Waals surface area contributed by atoms with Gasteiger partial charge in [0.05, 0.1) is 5.41 Å². The van der Waals surface area contributed by atoms with Crippen molar-refractivity contribution in [3.05, 3.63) is 0 Å². The van der Waals surface area contributed by atoms with Crippen molar-refractivity contribution in [2.75, 3.05) is 6.54 Å². The predicted octanol–water partition coefficient (Wildman–Crippen LogP) is 1.77. The smallest absolute Gasteiger partial charge is 0.256 e. The van der Waals surface area contributed by atoms with Crippen LogP contribution in [0.25, 0.3) is 0 Å². The molecule has 2 aliphatic carbocycles. The van der Waals surface area contributed by atoms with Gasteiger partial charge in [-0.05, 0) is 18.8 Å². The van der Waals surface area contributed by atoms with Crippen molar-refractivity contribution in [2.45, 2.75) is 31.6 Å². The molecule has 3 heteroatoms. The van der Waals surface area contributed by atoms with Gasteiger partial charge < -0.3 is 5.73 Å². The second kappa shape index (κ2) is 1.94. The average Bonchev–Trinajstić information content (AvgIpc) is 2.31. The molecule has 2 fully saturated rings. The largest absolute Gasteiger partial charge is 0.330 e. The highest BCUT2D eigenvalue weighted by Gasteiger charge is 2.73. The van der Waals surface area contributed by atoms with Crippen LogP contribution >= 0.6 is 0 Å². The molecule has 0 aromatic carbocycles. The quantitative estimate of drug-likeness (QED) is 0.656. The van der Waals surface area contributed by atoms with E-state index in [1.165, 1.54) is 0 Å². The molecule has 0 saturated heterocycles. The summed E-state index contributed by atoms with van der Waals surface area (Å²) in [5.41, 5.74) is 4.60. The third-order valence-electron chi connectivity index (χ3n) is 3.39. The number of rotatable bonds is 2. The van der Waals surface area contributed by atoms with Gasteiger partial charge >= 0.3 is 0 Å². The van der Waals surface area contributed by atoms with E-state index in [1.54, 1.807) is 0 Å². The van der Waals surface area contributed by atoms with E-state index < -0.39 is 11.3 Å². The Bertz CT molecular complexity index is 177. The van der Waals surface area contributed by atoms with Crippen LogP contribution in [-0.2, 0) is 0 Å². The molecule has 2 rings (SSSR count). The van der Waals surface area contributed by atoms with Gasteiger partial charge in [0.2, 0.25) is 0 Å². The van der Waals surface area contributed by atoms with Crippen molar-refractivity contribution in [2.24, 2.45) is 17.1 Å². The van der Waals surface area contributed by atoms with Crippen molar-refractivity contribution in [3.63, 3.8) is 0 Å². The van der Waals surface area contributed by atoms with E-state index >= 15 is 0 Å². The Kier molecular flexibility index (Phi) is 1.32. The predicted molar refractivity (Wildman–Crippen MR) is 38.4 cm³/mol. The minimum absolute atomic E-state index is 0.0428. The van der Waals surface area contributed by atoms with E-state index in [4.69, 9.17) is 5.73 Å². The molecule has 0 heterocycles. The lowest BCUT2D eigenvalue weighted by Gasteiger charge is -2.33. The van der Waals surface area contributed by atoms with Gasteiger partial charge in [0.25, 0.3) is 5.92 Å². The van der Waals surface area contributed by atoms with Gasteiger partial charge in [0.15, 0.2) is 0 Å². The fourth-order valence-corrected chi connectivity index (χ4v) is 2.14. The molecule has 2 aliphatic rings. The van der Waals surface area contributed by atoms with E-state index in [2.05, 4.69) is 0 Å². The molecule has 0 aliphatic heterocycles. The topological polar surface area (TPSA) is 26.0 Å². The summed E-state index contributed by atoms with van der Waals surface area (Å²) in [5, 5.41) is 0. The minimum Gasteiger partial charge on any atom is -0.330 e. The van der Waals surface area contributed by atoms with Crippen LogP contribution < -0.4 is 5.73 Å². The average molecular weight is 161 g/mol. The molecule has 11 heavy (non-hydrogen) atoms. The Morgan fingerprint density at radius 1 is 1.36 bits per heavy atom. The van der Waals surface area contributed by atoms with Crippen molar-refractivity contribution >= 4 is 0 Å². The van der Waals surface area contributed by atoms with Crippen LogP contribution in [0.2, 0.25) is 0 Å². The molecule has 0 aromatic heterocycles. The lowest BCUT2D eigenvalue weighted by molar-refractivity contribution is 0.0206. The second-order valence-corrected chi connectivity index (χ2v) is 3.87. The zero-order valence-electron chi connectivity index (χ0n) is 6.45. The van der Waals surface area contributed by atoms with Gasteiger partial charge in [-0.1, -0.05) is 6.42 Å². The molecule has 1 atom stereocenters. The van der Waals surface area contributed by atoms with Crippen LogP contribution in [0.4, 0.5) is 8.78 Å². The van der Waals surface area contributed by atoms with Crippen LogP contribution in [0.3, 0.4) is 0 Å². The molecule has 2 saturated carbocycles. The summed E-state index contributed by atoms with van der Waals surface area (Å²) in [4.78, 5) is 0. The van der Waals surface area contributed by atoms with Crippen molar-refractivity contribution in [1.82, 2.24) is 0 Å². The molecule has 0 aromatic rings. The summed E-state index contributed by atoms with van der Waals surface area (Å²) in [6.07, 6.45) is 3.09. The molecule has 0 bridgehead atoms. The zero-order valence-corrected chi connectivity index (χ0v) is 6.45. The van der Waals surface area contributed by atoms with Crippen LogP contribution in [0.5, 0.6) is 0 Å². The number of hydrogen-bond donors (Lipinski definition) is 1. The van der Waals surface area contributed by atoms with Crippen molar-refractivity contribution < 1.29 is 8.78 Å². The summed E-state index contributed by atoms with van der Waals surface area (Å²) in [7, 11) is 0. The first-order chi connectivity index (χ1) is 5.12. The first-order valence-electron chi connectivity index (χ1n) is 4.20. The maximum atomic E-state index is 12.8. The van der Waals surface area contributed by atoms with Crippen LogP contribution in [0, 0.1) is 11.3 Å². The first-order valence-corrected chi connectivity index (χ1v) is 4.20. The lowest BCUT2D eigenvalue weighted by atomic mass is 9.73. The van der Waals surface area contributed by atoms with Gasteiger partial charge in [-0.3, -0.25) is 0 Å². The van der Waals surface area contributed by atoms with E-state index in [0.29, 0.717) is 0 Å². The summed E-state index contributed by atoms with van der Waals surface area (Å²) in [6.45, 7) is 0.171. The fourth-order valence-electron chi connectivity index (χ4n) is 2.14. The summed E-state index contributed by atoms with van der Waals surface area (Å²) < 4.78 is 25.7. The van der Waals surface area contributed by atoms with Gasteiger partial charge in [0.1, 0.15) is 0 Å². The molecular formula is C8H13F2N. The molecule has 0 amide bonds. The Balaban J connectivity index is 2.08. The van der Waals surface area contributed by atoms with E-state index in [9.17, 15) is 8.78 Å². The van der Waals surface area contributed by atoms with E-state index in [-0.39, 0.29) is 18.9 Å². The third kappa shape index (κ3) is 0.776.